The number of aryl methyl sites for hydroxylation is 1. The van der Waals surface area contributed by atoms with Gasteiger partial charge in [-0.1, -0.05) is 106 Å². The molecule has 0 saturated heterocycles. The Morgan fingerprint density at radius 3 is 2.43 bits per heavy atom. The first-order chi connectivity index (χ1) is 17.9. The number of hydrogen-bond acceptors (Lipinski definition) is 0. The Bertz CT molecular complexity index is 1560. The minimum atomic E-state index is -0.219. The summed E-state index contributed by atoms with van der Waals surface area (Å²) in [5.74, 6) is 0. The third kappa shape index (κ3) is 6.10. The van der Waals surface area contributed by atoms with Crippen molar-refractivity contribution in [1.82, 2.24) is 0 Å². The van der Waals surface area contributed by atoms with E-state index in [0.29, 0.717) is 0 Å². The maximum atomic E-state index is 4.34. The average molecular weight is 501 g/mol. The number of benzene rings is 4. The van der Waals surface area contributed by atoms with Crippen molar-refractivity contribution in [3.05, 3.63) is 132 Å². The number of rotatable bonds is 8. The van der Waals surface area contributed by atoms with E-state index < -0.39 is 0 Å². The quantitative estimate of drug-likeness (QED) is 0.128. The van der Waals surface area contributed by atoms with Gasteiger partial charge in [0.1, 0.15) is 0 Å². The summed E-state index contributed by atoms with van der Waals surface area (Å²) in [5, 5.41) is 6.30. The van der Waals surface area contributed by atoms with E-state index in [-0.39, 0.29) is 7.92 Å². The predicted octanol–water partition coefficient (Wildman–Crippen LogP) is 11.2. The molecule has 0 radical (unpaired) electrons. The molecule has 0 unspecified atom stereocenters. The number of allylic oxidation sites excluding steroid dienone is 8. The Morgan fingerprint density at radius 2 is 1.68 bits per heavy atom. The molecule has 0 bridgehead atoms. The zero-order chi connectivity index (χ0) is 26.4. The van der Waals surface area contributed by atoms with Crippen LogP contribution >= 0.6 is 7.92 Å². The molecule has 0 saturated carbocycles. The van der Waals surface area contributed by atoms with Crippen LogP contribution in [0.15, 0.2) is 115 Å². The highest BCUT2D eigenvalue weighted by molar-refractivity contribution is 7.60. The maximum absolute atomic E-state index is 4.34. The van der Waals surface area contributed by atoms with Crippen molar-refractivity contribution in [2.75, 3.05) is 13.3 Å². The summed E-state index contributed by atoms with van der Waals surface area (Å²) in [4.78, 5) is 0. The molecule has 186 valence electrons. The summed E-state index contributed by atoms with van der Waals surface area (Å²) in [5.41, 5.74) is 7.53. The lowest BCUT2D eigenvalue weighted by atomic mass is 9.89. The fourth-order valence-electron chi connectivity index (χ4n) is 4.59. The Morgan fingerprint density at radius 1 is 0.892 bits per heavy atom. The van der Waals surface area contributed by atoms with Gasteiger partial charge in [0.25, 0.3) is 0 Å². The minimum absolute atomic E-state index is 0.219. The van der Waals surface area contributed by atoms with Crippen LogP contribution in [0, 0.1) is 6.92 Å². The monoisotopic (exact) mass is 500 g/mol. The zero-order valence-corrected chi connectivity index (χ0v) is 23.6. The maximum Gasteiger partial charge on any atom is -0.00266 e. The highest BCUT2D eigenvalue weighted by Gasteiger charge is 2.12. The summed E-state index contributed by atoms with van der Waals surface area (Å²) in [7, 11) is -0.219. The van der Waals surface area contributed by atoms with Gasteiger partial charge in [-0.2, -0.15) is 0 Å². The molecule has 0 atom stereocenters. The molecule has 4 rings (SSSR count). The van der Waals surface area contributed by atoms with Crippen molar-refractivity contribution in [3.63, 3.8) is 0 Å². The molecule has 4 aromatic rings. The lowest BCUT2D eigenvalue weighted by molar-refractivity contribution is 1.22. The summed E-state index contributed by atoms with van der Waals surface area (Å²) in [6, 6.07) is 24.8. The van der Waals surface area contributed by atoms with Gasteiger partial charge in [0, 0.05) is 0 Å². The van der Waals surface area contributed by atoms with Crippen LogP contribution in [0.25, 0.3) is 44.3 Å². The van der Waals surface area contributed by atoms with Gasteiger partial charge in [0.15, 0.2) is 0 Å². The Labute approximate surface area is 224 Å². The van der Waals surface area contributed by atoms with Crippen LogP contribution in [-0.2, 0) is 0 Å². The second kappa shape index (κ2) is 12.2. The zero-order valence-electron chi connectivity index (χ0n) is 22.8. The van der Waals surface area contributed by atoms with E-state index >= 15 is 0 Å². The van der Waals surface area contributed by atoms with Crippen LogP contribution < -0.4 is 0 Å². The van der Waals surface area contributed by atoms with Crippen molar-refractivity contribution < 1.29 is 0 Å². The van der Waals surface area contributed by atoms with Gasteiger partial charge in [-0.25, -0.2) is 0 Å². The van der Waals surface area contributed by atoms with Gasteiger partial charge in [-0.05, 0) is 118 Å². The summed E-state index contributed by atoms with van der Waals surface area (Å²) in [6.45, 7) is 15.3. The average Bonchev–Trinajstić information content (AvgIpc) is 2.90. The molecule has 0 aliphatic heterocycles. The molecule has 0 aliphatic rings. The molecule has 0 fully saturated rings. The normalized spacial score (nSPS) is 12.8. The fourth-order valence-corrected chi connectivity index (χ4v) is 4.99. The minimum Gasteiger partial charge on any atom is -0.0913 e. The highest BCUT2D eigenvalue weighted by atomic mass is 31.1. The fraction of sp³-hybridized carbons (Fsp3) is 0.167. The lowest BCUT2D eigenvalue weighted by Gasteiger charge is -2.15. The molecule has 0 heterocycles. The molecule has 0 aliphatic carbocycles. The van der Waals surface area contributed by atoms with Gasteiger partial charge in [-0.15, -0.1) is 0 Å². The van der Waals surface area contributed by atoms with E-state index in [1.54, 1.807) is 0 Å². The molecular weight excluding hydrogens is 463 g/mol. The third-order valence-electron chi connectivity index (χ3n) is 6.77. The molecular formula is C36H37P. The first-order valence-electron chi connectivity index (χ1n) is 13.0. The molecule has 0 N–H and O–H groups in total. The van der Waals surface area contributed by atoms with Crippen molar-refractivity contribution in [1.29, 1.82) is 0 Å². The van der Waals surface area contributed by atoms with Gasteiger partial charge >= 0.3 is 0 Å². The standard InChI is InChI=1S/C36H37P/c1-7-9-11-15-28-23-32(19-18-26(28)3)36-34-17-13-12-16-31(34)25-33-24-30(20-21-35(33)36)29(14-10-8-2)22-27(4)37(5)6/h7,9-25H,4,8H2,1-3,5-6H3/b9-7-,14-10-,15-11-,29-22+. The Balaban J connectivity index is 1.96. The molecule has 1 heteroatoms. The molecule has 37 heavy (non-hydrogen) atoms. The predicted molar refractivity (Wildman–Crippen MR) is 171 cm³/mol. The molecule has 0 spiro atoms. The number of fused-ring (bicyclic) bond motifs is 2. The van der Waals surface area contributed by atoms with E-state index in [1.807, 2.05) is 6.92 Å². The Kier molecular flexibility index (Phi) is 8.75. The largest absolute Gasteiger partial charge is 0.0913 e. The molecule has 0 aromatic heterocycles. The van der Waals surface area contributed by atoms with Crippen molar-refractivity contribution in [2.45, 2.75) is 27.2 Å². The van der Waals surface area contributed by atoms with Crippen LogP contribution in [0.5, 0.6) is 0 Å². The lowest BCUT2D eigenvalue weighted by Crippen LogP contribution is -1.90. The van der Waals surface area contributed by atoms with Crippen LogP contribution in [0.2, 0.25) is 0 Å². The van der Waals surface area contributed by atoms with Crippen molar-refractivity contribution in [2.24, 2.45) is 0 Å². The highest BCUT2D eigenvalue weighted by Crippen LogP contribution is 2.40. The first-order valence-corrected chi connectivity index (χ1v) is 15.3. The Hall–Kier alpha value is -3.47. The summed E-state index contributed by atoms with van der Waals surface area (Å²) in [6.07, 6.45) is 16.2. The molecule has 4 aromatic carbocycles. The molecule has 0 amide bonds. The topological polar surface area (TPSA) is 0 Å². The summed E-state index contributed by atoms with van der Waals surface area (Å²) < 4.78 is 0. The molecule has 0 nitrogen and oxygen atoms in total. The van der Waals surface area contributed by atoms with Gasteiger partial charge in [0.2, 0.25) is 0 Å². The second-order valence-electron chi connectivity index (χ2n) is 9.66. The second-order valence-corrected chi connectivity index (χ2v) is 12.0. The van der Waals surface area contributed by atoms with E-state index in [9.17, 15) is 0 Å². The van der Waals surface area contributed by atoms with E-state index in [1.165, 1.54) is 60.2 Å². The van der Waals surface area contributed by atoms with Crippen LogP contribution in [0.3, 0.4) is 0 Å². The van der Waals surface area contributed by atoms with Crippen molar-refractivity contribution in [3.8, 4) is 11.1 Å². The first kappa shape index (κ1) is 26.6. The van der Waals surface area contributed by atoms with Gasteiger partial charge in [0.05, 0.1) is 0 Å². The van der Waals surface area contributed by atoms with E-state index in [0.717, 1.165) is 6.42 Å². The van der Waals surface area contributed by atoms with Crippen LogP contribution in [0.4, 0.5) is 0 Å². The third-order valence-corrected chi connectivity index (χ3v) is 8.05. The number of hydrogen-bond donors (Lipinski definition) is 0. The van der Waals surface area contributed by atoms with Crippen LogP contribution in [0.1, 0.15) is 37.0 Å². The van der Waals surface area contributed by atoms with E-state index in [2.05, 4.69) is 143 Å². The SMILES string of the molecule is C=C(/C=C(\C=C/CC)c1ccc2c(-c3ccc(C)c(/C=C\C=C/C)c3)c3ccccc3cc2c1)P(C)C. The van der Waals surface area contributed by atoms with Gasteiger partial charge in [-0.3, -0.25) is 0 Å². The van der Waals surface area contributed by atoms with Crippen molar-refractivity contribution >= 4 is 41.1 Å². The van der Waals surface area contributed by atoms with Crippen LogP contribution in [-0.4, -0.2) is 13.3 Å². The van der Waals surface area contributed by atoms with E-state index in [4.69, 9.17) is 0 Å². The summed E-state index contributed by atoms with van der Waals surface area (Å²) >= 11 is 0. The van der Waals surface area contributed by atoms with Gasteiger partial charge < -0.3 is 0 Å². The smallest absolute Gasteiger partial charge is 0.00266 e.